The van der Waals surface area contributed by atoms with Crippen molar-refractivity contribution < 1.29 is 9.90 Å². The van der Waals surface area contributed by atoms with Crippen molar-refractivity contribution in [2.45, 2.75) is 32.4 Å². The fourth-order valence-corrected chi connectivity index (χ4v) is 2.96. The SMILES string of the molecule is Cc1ccc(C(=O)C2=C3NCCN3C(C)(O)CC2)cc1. The molecular formula is C16H20N2O2. The van der Waals surface area contributed by atoms with E-state index in [1.807, 2.05) is 43.0 Å². The van der Waals surface area contributed by atoms with E-state index in [9.17, 15) is 9.90 Å². The van der Waals surface area contributed by atoms with Crippen LogP contribution in [0.1, 0.15) is 35.7 Å². The standard InChI is InChI=1S/C16H20N2O2/c1-11-3-5-12(6-4-11)14(19)13-7-8-16(2,20)18-10-9-17-15(13)18/h3-6,17,20H,7-10H2,1-2H3. The van der Waals surface area contributed by atoms with Gasteiger partial charge in [-0.3, -0.25) is 4.79 Å². The van der Waals surface area contributed by atoms with Gasteiger partial charge in [0, 0.05) is 24.2 Å². The topological polar surface area (TPSA) is 52.6 Å². The Morgan fingerprint density at radius 1 is 1.35 bits per heavy atom. The average molecular weight is 272 g/mol. The summed E-state index contributed by atoms with van der Waals surface area (Å²) in [6.07, 6.45) is 1.20. The zero-order valence-corrected chi connectivity index (χ0v) is 11.9. The highest BCUT2D eigenvalue weighted by molar-refractivity contribution is 6.09. The minimum atomic E-state index is -0.851. The second kappa shape index (κ2) is 4.63. The first-order chi connectivity index (χ1) is 9.49. The lowest BCUT2D eigenvalue weighted by atomic mass is 9.91. The zero-order valence-electron chi connectivity index (χ0n) is 11.9. The Labute approximate surface area is 119 Å². The Morgan fingerprint density at radius 3 is 2.75 bits per heavy atom. The van der Waals surface area contributed by atoms with Crippen molar-refractivity contribution in [1.82, 2.24) is 10.2 Å². The molecule has 4 heteroatoms. The quantitative estimate of drug-likeness (QED) is 0.806. The molecule has 2 aliphatic heterocycles. The molecule has 106 valence electrons. The predicted molar refractivity (Wildman–Crippen MR) is 77.1 cm³/mol. The first-order valence-electron chi connectivity index (χ1n) is 7.07. The van der Waals surface area contributed by atoms with Crippen molar-refractivity contribution in [2.24, 2.45) is 0 Å². The van der Waals surface area contributed by atoms with Gasteiger partial charge in [0.15, 0.2) is 5.78 Å². The number of nitrogens with one attached hydrogen (secondary N) is 1. The molecule has 2 N–H and O–H groups in total. The first-order valence-corrected chi connectivity index (χ1v) is 7.07. The van der Waals surface area contributed by atoms with Crippen LogP contribution in [0.3, 0.4) is 0 Å². The molecule has 3 rings (SSSR count). The van der Waals surface area contributed by atoms with E-state index in [4.69, 9.17) is 0 Å². The fraction of sp³-hybridized carbons (Fsp3) is 0.438. The highest BCUT2D eigenvalue weighted by Crippen LogP contribution is 2.35. The maximum absolute atomic E-state index is 12.7. The van der Waals surface area contributed by atoms with Crippen molar-refractivity contribution in [3.8, 4) is 0 Å². The zero-order chi connectivity index (χ0) is 14.3. The van der Waals surface area contributed by atoms with Gasteiger partial charge in [0.1, 0.15) is 11.5 Å². The van der Waals surface area contributed by atoms with Crippen molar-refractivity contribution in [2.75, 3.05) is 13.1 Å². The van der Waals surface area contributed by atoms with E-state index in [-0.39, 0.29) is 5.78 Å². The van der Waals surface area contributed by atoms with E-state index < -0.39 is 5.72 Å². The number of ketones is 1. The van der Waals surface area contributed by atoms with Crippen LogP contribution >= 0.6 is 0 Å². The molecule has 0 aliphatic carbocycles. The second-order valence-electron chi connectivity index (χ2n) is 5.82. The Bertz CT molecular complexity index is 573. The van der Waals surface area contributed by atoms with E-state index in [2.05, 4.69) is 5.32 Å². The number of aryl methyl sites for hydroxylation is 1. The Morgan fingerprint density at radius 2 is 2.05 bits per heavy atom. The number of rotatable bonds is 2. The van der Waals surface area contributed by atoms with Gasteiger partial charge in [-0.1, -0.05) is 29.8 Å². The first kappa shape index (κ1) is 13.2. The van der Waals surface area contributed by atoms with Crippen molar-refractivity contribution >= 4 is 5.78 Å². The molecule has 1 fully saturated rings. The second-order valence-corrected chi connectivity index (χ2v) is 5.82. The molecule has 0 bridgehead atoms. The molecule has 1 atom stereocenters. The van der Waals surface area contributed by atoms with Crippen LogP contribution in [0.5, 0.6) is 0 Å². The minimum Gasteiger partial charge on any atom is -0.371 e. The minimum absolute atomic E-state index is 0.0647. The molecule has 1 aromatic rings. The van der Waals surface area contributed by atoms with Gasteiger partial charge >= 0.3 is 0 Å². The molecule has 0 radical (unpaired) electrons. The lowest BCUT2D eigenvalue weighted by Gasteiger charge is -2.40. The van der Waals surface area contributed by atoms with E-state index in [0.29, 0.717) is 18.4 Å². The lowest BCUT2D eigenvalue weighted by Crippen LogP contribution is -2.47. The monoisotopic (exact) mass is 272 g/mol. The summed E-state index contributed by atoms with van der Waals surface area (Å²) in [5, 5.41) is 13.6. The Hall–Kier alpha value is -1.81. The van der Waals surface area contributed by atoms with Crippen LogP contribution in [-0.4, -0.2) is 34.6 Å². The third kappa shape index (κ3) is 2.10. The van der Waals surface area contributed by atoms with Crippen LogP contribution in [0.25, 0.3) is 0 Å². The van der Waals surface area contributed by atoms with Crippen molar-refractivity contribution in [3.05, 3.63) is 46.8 Å². The van der Waals surface area contributed by atoms with E-state index in [1.165, 1.54) is 0 Å². The van der Waals surface area contributed by atoms with Crippen LogP contribution < -0.4 is 5.32 Å². The van der Waals surface area contributed by atoms with Crippen molar-refractivity contribution in [1.29, 1.82) is 0 Å². The van der Waals surface area contributed by atoms with Crippen LogP contribution in [-0.2, 0) is 0 Å². The van der Waals surface area contributed by atoms with Crippen LogP contribution in [0.2, 0.25) is 0 Å². The van der Waals surface area contributed by atoms with Gasteiger partial charge in [0.2, 0.25) is 0 Å². The molecule has 0 amide bonds. The smallest absolute Gasteiger partial charge is 0.192 e. The van der Waals surface area contributed by atoms with Gasteiger partial charge < -0.3 is 15.3 Å². The molecule has 0 saturated carbocycles. The number of hydrogen-bond donors (Lipinski definition) is 2. The summed E-state index contributed by atoms with van der Waals surface area (Å²) in [7, 11) is 0. The number of hydrogen-bond acceptors (Lipinski definition) is 4. The summed E-state index contributed by atoms with van der Waals surface area (Å²) < 4.78 is 0. The largest absolute Gasteiger partial charge is 0.371 e. The summed E-state index contributed by atoms with van der Waals surface area (Å²) in [4.78, 5) is 14.6. The summed E-state index contributed by atoms with van der Waals surface area (Å²) in [6.45, 7) is 5.34. The summed E-state index contributed by atoms with van der Waals surface area (Å²) in [5.74, 6) is 0.877. The Kier molecular flexibility index (Phi) is 3.05. The molecule has 1 aromatic carbocycles. The summed E-state index contributed by atoms with van der Waals surface area (Å²) >= 11 is 0. The number of Topliss-reactive ketones (excluding diaryl/α,β-unsaturated/α-hetero) is 1. The van der Waals surface area contributed by atoms with E-state index >= 15 is 0 Å². The van der Waals surface area contributed by atoms with Gasteiger partial charge in [0.25, 0.3) is 0 Å². The van der Waals surface area contributed by atoms with Gasteiger partial charge in [-0.05, 0) is 26.7 Å². The Balaban J connectivity index is 1.97. The van der Waals surface area contributed by atoms with E-state index in [1.54, 1.807) is 0 Å². The number of carbonyl (C=O) groups excluding carboxylic acids is 1. The fourth-order valence-electron chi connectivity index (χ4n) is 2.96. The summed E-state index contributed by atoms with van der Waals surface area (Å²) in [5.41, 5.74) is 1.80. The number of carbonyl (C=O) groups is 1. The molecule has 0 spiro atoms. The third-order valence-electron chi connectivity index (χ3n) is 4.20. The molecule has 1 saturated heterocycles. The summed E-state index contributed by atoms with van der Waals surface area (Å²) in [6, 6.07) is 7.66. The maximum Gasteiger partial charge on any atom is 0.192 e. The predicted octanol–water partition coefficient (Wildman–Crippen LogP) is 1.80. The third-order valence-corrected chi connectivity index (χ3v) is 4.20. The highest BCUT2D eigenvalue weighted by Gasteiger charge is 2.40. The van der Waals surface area contributed by atoms with E-state index in [0.717, 1.165) is 30.0 Å². The number of benzene rings is 1. The van der Waals surface area contributed by atoms with Gasteiger partial charge in [-0.2, -0.15) is 0 Å². The number of aliphatic hydroxyl groups is 1. The van der Waals surface area contributed by atoms with Crippen LogP contribution in [0.15, 0.2) is 35.7 Å². The number of fused-ring (bicyclic) bond motifs is 1. The van der Waals surface area contributed by atoms with Crippen LogP contribution in [0.4, 0.5) is 0 Å². The number of nitrogens with zero attached hydrogens (tertiary/aromatic N) is 1. The van der Waals surface area contributed by atoms with Gasteiger partial charge in [-0.25, -0.2) is 0 Å². The molecule has 1 unspecified atom stereocenters. The molecule has 4 nitrogen and oxygen atoms in total. The molecule has 0 aromatic heterocycles. The molecule has 2 aliphatic rings. The van der Waals surface area contributed by atoms with Crippen LogP contribution in [0, 0.1) is 6.92 Å². The molecule has 2 heterocycles. The van der Waals surface area contributed by atoms with Gasteiger partial charge in [0.05, 0.1) is 0 Å². The maximum atomic E-state index is 12.7. The average Bonchev–Trinajstić information content (AvgIpc) is 2.90. The molecular weight excluding hydrogens is 252 g/mol. The number of allylic oxidation sites excluding steroid dienone is 1. The van der Waals surface area contributed by atoms with Gasteiger partial charge in [-0.15, -0.1) is 0 Å². The molecule has 20 heavy (non-hydrogen) atoms. The highest BCUT2D eigenvalue weighted by atomic mass is 16.3. The van der Waals surface area contributed by atoms with Crippen molar-refractivity contribution in [3.63, 3.8) is 0 Å². The normalized spacial score (nSPS) is 25.4. The lowest BCUT2D eigenvalue weighted by molar-refractivity contribution is -0.0788.